The van der Waals surface area contributed by atoms with Crippen molar-refractivity contribution in [1.82, 2.24) is 19.9 Å². The first-order valence-electron chi connectivity index (χ1n) is 15.9. The Kier molecular flexibility index (Phi) is 8.37. The SMILES string of the molecule is CCc1ccc2c(c1-c1ncccn1)N(C(CCN1c3ccccc3Oc3ccccc31)(OS(=O)O)c1nccc(Cl)n1)c1ccccc1O2. The van der Waals surface area contributed by atoms with Gasteiger partial charge in [0.2, 0.25) is 5.72 Å². The fourth-order valence-corrected chi connectivity index (χ4v) is 7.21. The Hall–Kier alpha value is -5.40. The number of para-hydroxylation sites is 6. The average Bonchev–Trinajstić information content (AvgIpc) is 3.14. The van der Waals surface area contributed by atoms with Crippen molar-refractivity contribution >= 4 is 45.7 Å². The van der Waals surface area contributed by atoms with E-state index in [0.29, 0.717) is 52.2 Å². The molecule has 13 heteroatoms. The van der Waals surface area contributed by atoms with E-state index in [0.717, 1.165) is 16.9 Å². The molecule has 2 unspecified atom stereocenters. The van der Waals surface area contributed by atoms with E-state index >= 15 is 0 Å². The molecule has 0 spiro atoms. The minimum absolute atomic E-state index is 0.0432. The minimum atomic E-state index is -2.83. The van der Waals surface area contributed by atoms with Gasteiger partial charge in [-0.3, -0.25) is 9.45 Å². The molecule has 250 valence electrons. The van der Waals surface area contributed by atoms with Crippen molar-refractivity contribution in [3.63, 3.8) is 0 Å². The maximum absolute atomic E-state index is 13.1. The molecule has 2 atom stereocenters. The molecule has 4 aromatic carbocycles. The Morgan fingerprint density at radius 2 is 1.40 bits per heavy atom. The van der Waals surface area contributed by atoms with Crippen molar-refractivity contribution < 1.29 is 22.4 Å². The van der Waals surface area contributed by atoms with E-state index in [-0.39, 0.29) is 23.9 Å². The summed E-state index contributed by atoms with van der Waals surface area (Å²) in [5, 5.41) is 0.129. The quantitative estimate of drug-likeness (QED) is 0.115. The number of rotatable bonds is 9. The summed E-state index contributed by atoms with van der Waals surface area (Å²) in [7, 11) is 0. The molecular weight excluding hydrogens is 676 g/mol. The summed E-state index contributed by atoms with van der Waals surface area (Å²) in [6.45, 7) is 2.29. The van der Waals surface area contributed by atoms with Gasteiger partial charge in [0.25, 0.3) is 0 Å². The number of aromatic nitrogens is 4. The third-order valence-corrected chi connectivity index (χ3v) is 9.32. The first kappa shape index (κ1) is 31.8. The highest BCUT2D eigenvalue weighted by Gasteiger charge is 2.51. The van der Waals surface area contributed by atoms with Gasteiger partial charge < -0.3 is 14.4 Å². The maximum atomic E-state index is 13.1. The normalized spacial score (nSPS) is 14.6. The summed E-state index contributed by atoms with van der Waals surface area (Å²) in [4.78, 5) is 22.5. The average molecular weight is 705 g/mol. The zero-order chi connectivity index (χ0) is 34.2. The minimum Gasteiger partial charge on any atom is -0.453 e. The van der Waals surface area contributed by atoms with Crippen molar-refractivity contribution in [2.75, 3.05) is 16.3 Å². The second-order valence-electron chi connectivity index (χ2n) is 11.5. The van der Waals surface area contributed by atoms with Crippen LogP contribution in [0.1, 0.15) is 24.7 Å². The largest absolute Gasteiger partial charge is 0.453 e. The molecule has 4 heterocycles. The van der Waals surface area contributed by atoms with Crippen LogP contribution < -0.4 is 19.3 Å². The number of benzene rings is 4. The van der Waals surface area contributed by atoms with Gasteiger partial charge >= 0.3 is 11.4 Å². The molecule has 0 radical (unpaired) electrons. The van der Waals surface area contributed by atoms with E-state index in [4.69, 9.17) is 25.3 Å². The molecule has 0 aliphatic carbocycles. The number of hydrogen-bond acceptors (Lipinski definition) is 10. The lowest BCUT2D eigenvalue weighted by Crippen LogP contribution is -2.50. The van der Waals surface area contributed by atoms with Gasteiger partial charge in [0.15, 0.2) is 34.6 Å². The topological polar surface area (TPSA) is 123 Å². The summed E-state index contributed by atoms with van der Waals surface area (Å²) >= 11 is 3.72. The highest BCUT2D eigenvalue weighted by atomic mass is 35.5. The van der Waals surface area contributed by atoms with E-state index < -0.39 is 17.1 Å². The van der Waals surface area contributed by atoms with Crippen LogP contribution in [0, 0.1) is 0 Å². The maximum Gasteiger partial charge on any atom is 0.304 e. The van der Waals surface area contributed by atoms with Crippen molar-refractivity contribution in [3.05, 3.63) is 132 Å². The molecule has 0 bridgehead atoms. The van der Waals surface area contributed by atoms with Gasteiger partial charge in [-0.2, -0.15) is 4.21 Å². The van der Waals surface area contributed by atoms with E-state index in [9.17, 15) is 8.76 Å². The molecule has 2 aromatic heterocycles. The standard InChI is InChI=1S/C37H29ClN6O5S/c1-2-24-16-17-31-34(33(24)35-39-20-9-21-40-35)44(27-12-5-8-15-30(27)48-31)37(49-50(45)46,36-41-22-18-32(38)42-36)19-23-43-25-10-3-6-13-28(25)47-29-14-7-4-11-26(29)43/h3-18,20-22H,2,19,23H2,1H3,(H,45,46). The Labute approximate surface area is 295 Å². The molecule has 50 heavy (non-hydrogen) atoms. The molecule has 8 rings (SSSR count). The molecule has 11 nitrogen and oxygen atoms in total. The molecule has 0 fully saturated rings. The third kappa shape index (κ3) is 5.52. The zero-order valence-corrected chi connectivity index (χ0v) is 28.2. The summed E-state index contributed by atoms with van der Waals surface area (Å²) in [6.07, 6.45) is 5.51. The van der Waals surface area contributed by atoms with Crippen molar-refractivity contribution in [2.45, 2.75) is 25.5 Å². The molecular formula is C37H29ClN6O5S. The summed E-state index contributed by atoms with van der Waals surface area (Å²) in [5.41, 5.74) is 2.41. The summed E-state index contributed by atoms with van der Waals surface area (Å²) in [5.74, 6) is 2.79. The third-order valence-electron chi connectivity index (χ3n) is 8.69. The zero-order valence-electron chi connectivity index (χ0n) is 26.6. The fraction of sp³-hybridized carbons (Fsp3) is 0.135. The molecule has 1 N–H and O–H groups in total. The Balaban J connectivity index is 1.41. The molecule has 6 aromatic rings. The lowest BCUT2D eigenvalue weighted by atomic mass is 9.95. The van der Waals surface area contributed by atoms with Crippen LogP contribution in [0.4, 0.5) is 22.7 Å². The summed E-state index contributed by atoms with van der Waals surface area (Å²) in [6, 6.07) is 29.9. The van der Waals surface area contributed by atoms with Crippen LogP contribution in [-0.4, -0.2) is 35.2 Å². The van der Waals surface area contributed by atoms with Gasteiger partial charge in [-0.1, -0.05) is 61.0 Å². The van der Waals surface area contributed by atoms with E-state index in [1.54, 1.807) is 24.5 Å². The Morgan fingerprint density at radius 1 is 0.780 bits per heavy atom. The van der Waals surface area contributed by atoms with Crippen molar-refractivity contribution in [3.8, 4) is 34.4 Å². The van der Waals surface area contributed by atoms with Crippen LogP contribution >= 0.6 is 11.6 Å². The van der Waals surface area contributed by atoms with Crippen LogP contribution in [0.2, 0.25) is 5.15 Å². The highest BCUT2D eigenvalue weighted by Crippen LogP contribution is 2.57. The number of ether oxygens (including phenoxy) is 2. The van der Waals surface area contributed by atoms with Crippen molar-refractivity contribution in [2.24, 2.45) is 0 Å². The smallest absolute Gasteiger partial charge is 0.304 e. The predicted molar refractivity (Wildman–Crippen MR) is 191 cm³/mol. The number of fused-ring (bicyclic) bond motifs is 4. The van der Waals surface area contributed by atoms with Gasteiger partial charge in [-0.15, -0.1) is 0 Å². The predicted octanol–water partition coefficient (Wildman–Crippen LogP) is 8.73. The number of hydrogen-bond donors (Lipinski definition) is 1. The molecule has 2 aliphatic rings. The van der Waals surface area contributed by atoms with E-state index in [2.05, 4.69) is 24.8 Å². The number of aryl methyl sites for hydroxylation is 1. The molecule has 0 amide bonds. The van der Waals surface area contributed by atoms with E-state index in [1.807, 2.05) is 96.8 Å². The first-order valence-corrected chi connectivity index (χ1v) is 17.3. The number of halogens is 1. The monoisotopic (exact) mass is 704 g/mol. The summed E-state index contributed by atoms with van der Waals surface area (Å²) < 4.78 is 43.0. The second kappa shape index (κ2) is 13.1. The number of anilines is 4. The van der Waals surface area contributed by atoms with Gasteiger partial charge in [-0.25, -0.2) is 24.1 Å². The van der Waals surface area contributed by atoms with Gasteiger partial charge in [0, 0.05) is 31.6 Å². The van der Waals surface area contributed by atoms with Crippen LogP contribution in [0.25, 0.3) is 11.4 Å². The van der Waals surface area contributed by atoms with Crippen LogP contribution in [-0.2, 0) is 27.7 Å². The highest BCUT2D eigenvalue weighted by molar-refractivity contribution is 7.74. The Bertz CT molecular complexity index is 2200. The first-order chi connectivity index (χ1) is 24.5. The van der Waals surface area contributed by atoms with Gasteiger partial charge in [0.05, 0.1) is 28.3 Å². The molecule has 0 saturated heterocycles. The molecule has 0 saturated carbocycles. The Morgan fingerprint density at radius 3 is 2.04 bits per heavy atom. The fourth-order valence-electron chi connectivity index (χ4n) is 6.60. The lowest BCUT2D eigenvalue weighted by molar-refractivity contribution is 0.0601. The number of nitrogens with zero attached hydrogens (tertiary/aromatic N) is 6. The lowest BCUT2D eigenvalue weighted by Gasteiger charge is -2.46. The second-order valence-corrected chi connectivity index (χ2v) is 12.5. The van der Waals surface area contributed by atoms with Crippen molar-refractivity contribution in [1.29, 1.82) is 0 Å². The van der Waals surface area contributed by atoms with Crippen LogP contribution in [0.3, 0.4) is 0 Å². The van der Waals surface area contributed by atoms with Crippen LogP contribution in [0.15, 0.2) is 116 Å². The molecule has 2 aliphatic heterocycles. The van der Waals surface area contributed by atoms with E-state index in [1.165, 1.54) is 6.20 Å². The van der Waals surface area contributed by atoms with Crippen LogP contribution in [0.5, 0.6) is 23.0 Å². The van der Waals surface area contributed by atoms with Gasteiger partial charge in [0.1, 0.15) is 5.15 Å². The van der Waals surface area contributed by atoms with Gasteiger partial charge in [-0.05, 0) is 66.6 Å².